The minimum Gasteiger partial charge on any atom is -0.316 e. The fourth-order valence-corrected chi connectivity index (χ4v) is 5.33. The Labute approximate surface area is 223 Å². The predicted molar refractivity (Wildman–Crippen MR) is 151 cm³/mol. The van der Waals surface area contributed by atoms with Crippen molar-refractivity contribution in [3.05, 3.63) is 114 Å². The van der Waals surface area contributed by atoms with Crippen molar-refractivity contribution in [2.45, 2.75) is 44.7 Å². The summed E-state index contributed by atoms with van der Waals surface area (Å²) in [7, 11) is 0. The minimum atomic E-state index is -0.290. The molecule has 1 aliphatic heterocycles. The van der Waals surface area contributed by atoms with E-state index in [0.717, 1.165) is 41.2 Å². The van der Waals surface area contributed by atoms with Crippen molar-refractivity contribution < 1.29 is 9.59 Å². The largest absolute Gasteiger partial charge is 0.322 e. The van der Waals surface area contributed by atoms with E-state index in [1.165, 1.54) is 5.56 Å². The molecule has 38 heavy (non-hydrogen) atoms. The summed E-state index contributed by atoms with van der Waals surface area (Å²) in [5, 5.41) is 3.02. The molecule has 0 bridgehead atoms. The molecule has 1 fully saturated rings. The second kappa shape index (κ2) is 9.86. The molecule has 1 saturated carbocycles. The highest BCUT2D eigenvalue weighted by Crippen LogP contribution is 2.42. The van der Waals surface area contributed by atoms with E-state index in [9.17, 15) is 9.59 Å². The van der Waals surface area contributed by atoms with Crippen LogP contribution < -0.4 is 10.2 Å². The van der Waals surface area contributed by atoms with Crippen molar-refractivity contribution in [2.24, 2.45) is 0 Å². The maximum absolute atomic E-state index is 14.2. The first-order chi connectivity index (χ1) is 18.5. The number of fused-ring (bicyclic) bond motifs is 3. The number of urea groups is 1. The van der Waals surface area contributed by atoms with Gasteiger partial charge in [0.1, 0.15) is 12.6 Å². The van der Waals surface area contributed by atoms with Crippen molar-refractivity contribution in [3.8, 4) is 5.69 Å². The van der Waals surface area contributed by atoms with Gasteiger partial charge in [0.25, 0.3) is 0 Å². The number of benzene rings is 3. The fraction of sp³-hybridized carbons (Fsp3) is 0.250. The smallest absolute Gasteiger partial charge is 0.316 e. The number of amides is 3. The topological polar surface area (TPSA) is 57.6 Å². The fourth-order valence-electron chi connectivity index (χ4n) is 5.33. The van der Waals surface area contributed by atoms with Gasteiger partial charge in [-0.3, -0.25) is 9.69 Å². The Hall–Kier alpha value is -4.32. The van der Waals surface area contributed by atoms with Gasteiger partial charge in [-0.05, 0) is 66.3 Å². The van der Waals surface area contributed by atoms with Gasteiger partial charge in [0, 0.05) is 17.9 Å². The maximum atomic E-state index is 14.2. The Morgan fingerprint density at radius 2 is 1.55 bits per heavy atom. The van der Waals surface area contributed by atoms with Crippen LogP contribution in [-0.2, 0) is 4.79 Å². The van der Waals surface area contributed by atoms with Gasteiger partial charge >= 0.3 is 6.03 Å². The molecule has 6 nitrogen and oxygen atoms in total. The van der Waals surface area contributed by atoms with Crippen LogP contribution >= 0.6 is 0 Å². The quantitative estimate of drug-likeness (QED) is 0.316. The number of aromatic nitrogens is 1. The molecule has 1 N–H and O–H groups in total. The zero-order valence-corrected chi connectivity index (χ0v) is 21.7. The highest BCUT2D eigenvalue weighted by Gasteiger charge is 2.40. The normalized spacial score (nSPS) is 16.1. The summed E-state index contributed by atoms with van der Waals surface area (Å²) in [4.78, 5) is 31.2. The van der Waals surface area contributed by atoms with Gasteiger partial charge in [-0.1, -0.05) is 68.4 Å². The summed E-state index contributed by atoms with van der Waals surface area (Å²) in [5.41, 5.74) is 5.81. The molecule has 1 unspecified atom stereocenters. The molecule has 3 amide bonds. The van der Waals surface area contributed by atoms with Crippen LogP contribution in [0.25, 0.3) is 5.69 Å². The minimum absolute atomic E-state index is 0.0129. The highest BCUT2D eigenvalue weighted by molar-refractivity contribution is 6.01. The number of nitrogens with one attached hydrogen (secondary N) is 1. The third kappa shape index (κ3) is 4.47. The van der Waals surface area contributed by atoms with E-state index in [1.807, 2.05) is 83.9 Å². The molecule has 0 radical (unpaired) electrons. The first-order valence-electron chi connectivity index (χ1n) is 13.3. The van der Waals surface area contributed by atoms with E-state index in [4.69, 9.17) is 0 Å². The molecule has 2 heterocycles. The van der Waals surface area contributed by atoms with Gasteiger partial charge in [-0.15, -0.1) is 0 Å². The van der Waals surface area contributed by atoms with Crippen molar-refractivity contribution in [1.29, 1.82) is 0 Å². The van der Waals surface area contributed by atoms with Crippen LogP contribution in [0.3, 0.4) is 0 Å². The zero-order chi connectivity index (χ0) is 26.2. The number of hydrogen-bond acceptors (Lipinski definition) is 2. The summed E-state index contributed by atoms with van der Waals surface area (Å²) in [6, 6.07) is 29.7. The number of nitrogens with zero attached hydrogens (tertiary/aromatic N) is 3. The lowest BCUT2D eigenvalue weighted by atomic mass is 9.97. The Kier molecular flexibility index (Phi) is 6.24. The molecule has 1 aromatic heterocycles. The van der Waals surface area contributed by atoms with E-state index in [2.05, 4.69) is 41.9 Å². The first kappa shape index (κ1) is 24.0. The second-order valence-corrected chi connectivity index (χ2v) is 10.4. The molecule has 1 atom stereocenters. The number of carbonyl (C=O) groups is 2. The molecule has 3 aromatic carbocycles. The van der Waals surface area contributed by atoms with E-state index >= 15 is 0 Å². The van der Waals surface area contributed by atoms with E-state index < -0.39 is 0 Å². The third-order valence-electron chi connectivity index (χ3n) is 7.49. The Bertz CT molecular complexity index is 1450. The summed E-state index contributed by atoms with van der Waals surface area (Å²) in [6.45, 7) is 4.30. The van der Waals surface area contributed by atoms with Crippen molar-refractivity contribution >= 4 is 23.3 Å². The summed E-state index contributed by atoms with van der Waals surface area (Å²) >= 11 is 0. The van der Waals surface area contributed by atoms with E-state index in [1.54, 1.807) is 4.90 Å². The average molecular weight is 505 g/mol. The van der Waals surface area contributed by atoms with Gasteiger partial charge in [0.2, 0.25) is 5.91 Å². The molecule has 1 aliphatic carbocycles. The number of hydrogen-bond donors (Lipinski definition) is 1. The van der Waals surface area contributed by atoms with Gasteiger partial charge in [0.15, 0.2) is 0 Å². The third-order valence-corrected chi connectivity index (χ3v) is 7.49. The lowest BCUT2D eigenvalue weighted by Crippen LogP contribution is -2.48. The van der Waals surface area contributed by atoms with Crippen LogP contribution in [0, 0.1) is 0 Å². The van der Waals surface area contributed by atoms with Crippen LogP contribution in [0.2, 0.25) is 0 Å². The molecular formula is C32H32N4O2. The molecule has 0 saturated heterocycles. The van der Waals surface area contributed by atoms with E-state index in [0.29, 0.717) is 5.92 Å². The summed E-state index contributed by atoms with van der Waals surface area (Å²) < 4.78 is 2.16. The number of para-hydroxylation sites is 2. The van der Waals surface area contributed by atoms with E-state index in [-0.39, 0.29) is 30.6 Å². The van der Waals surface area contributed by atoms with Crippen LogP contribution in [0.4, 0.5) is 16.2 Å². The lowest BCUT2D eigenvalue weighted by molar-refractivity contribution is -0.119. The Morgan fingerprint density at radius 3 is 2.24 bits per heavy atom. The maximum Gasteiger partial charge on any atom is 0.322 e. The van der Waals surface area contributed by atoms with Gasteiger partial charge in [-0.2, -0.15) is 0 Å². The summed E-state index contributed by atoms with van der Waals surface area (Å²) in [5.74, 6) is 0.322. The van der Waals surface area contributed by atoms with Crippen LogP contribution in [0.5, 0.6) is 0 Å². The van der Waals surface area contributed by atoms with Crippen LogP contribution in [0.15, 0.2) is 97.2 Å². The van der Waals surface area contributed by atoms with Crippen molar-refractivity contribution in [1.82, 2.24) is 9.47 Å². The van der Waals surface area contributed by atoms with Crippen LogP contribution in [0.1, 0.15) is 55.5 Å². The van der Waals surface area contributed by atoms with Crippen LogP contribution in [-0.4, -0.2) is 34.0 Å². The Morgan fingerprint density at radius 1 is 0.868 bits per heavy atom. The van der Waals surface area contributed by atoms with Gasteiger partial charge < -0.3 is 14.8 Å². The molecule has 192 valence electrons. The first-order valence-corrected chi connectivity index (χ1v) is 13.3. The molecule has 6 heteroatoms. The number of anilines is 2. The molecule has 0 spiro atoms. The lowest BCUT2D eigenvalue weighted by Gasteiger charge is -2.39. The highest BCUT2D eigenvalue weighted by atomic mass is 16.2. The van der Waals surface area contributed by atoms with Gasteiger partial charge in [-0.25, -0.2) is 4.79 Å². The second-order valence-electron chi connectivity index (χ2n) is 10.4. The average Bonchev–Trinajstić information content (AvgIpc) is 3.66. The molecule has 6 rings (SSSR count). The predicted octanol–water partition coefficient (Wildman–Crippen LogP) is 6.73. The Balaban J connectivity index is 1.31. The zero-order valence-electron chi connectivity index (χ0n) is 21.7. The molecule has 2 aliphatic rings. The molecule has 4 aromatic rings. The van der Waals surface area contributed by atoms with Crippen molar-refractivity contribution in [2.75, 3.05) is 16.8 Å². The molecular weight excluding hydrogens is 472 g/mol. The number of rotatable bonds is 6. The number of carbonyl (C=O) groups excluding carboxylic acids is 2. The van der Waals surface area contributed by atoms with Gasteiger partial charge in [0.05, 0.1) is 17.1 Å². The van der Waals surface area contributed by atoms with Crippen molar-refractivity contribution in [3.63, 3.8) is 0 Å². The summed E-state index contributed by atoms with van der Waals surface area (Å²) in [6.07, 6.45) is 3.86. The SMILES string of the molecule is CC(C)c1ccc(NC(=O)N(CC(=O)N2c3ccccc3-n3cccc3C2c2ccccc2)C2CC2)cc1. The standard InChI is InChI=1S/C32H32N4O2/c1-22(2)23-14-16-25(17-15-23)33-32(38)35(26-18-19-26)21-30(37)36-28-12-7-6-11-27(28)34-20-8-13-29(34)31(36)24-9-4-3-5-10-24/h3-17,20,22,26,31H,18-19,21H2,1-2H3,(H,33,38). The monoisotopic (exact) mass is 504 g/mol.